The van der Waals surface area contributed by atoms with Gasteiger partial charge in [-0.05, 0) is 24.7 Å². The van der Waals surface area contributed by atoms with E-state index in [4.69, 9.17) is 10.2 Å². The maximum atomic E-state index is 11.5. The van der Waals surface area contributed by atoms with E-state index >= 15 is 0 Å². The lowest BCUT2D eigenvalue weighted by atomic mass is 10.0. The number of ether oxygens (including phenoxy) is 1. The van der Waals surface area contributed by atoms with Crippen molar-refractivity contribution in [2.24, 2.45) is 11.8 Å². The molecule has 0 aromatic carbocycles. The first-order valence-corrected chi connectivity index (χ1v) is 6.87. The summed E-state index contributed by atoms with van der Waals surface area (Å²) < 4.78 is 4.63. The summed E-state index contributed by atoms with van der Waals surface area (Å²) in [7, 11) is 0. The minimum atomic E-state index is -0.932. The summed E-state index contributed by atoms with van der Waals surface area (Å²) in [4.78, 5) is 43.7. The summed E-state index contributed by atoms with van der Waals surface area (Å²) in [6.45, 7) is 3.42. The normalized spacial score (nSPS) is 13.2. The van der Waals surface area contributed by atoms with Crippen LogP contribution in [0.5, 0.6) is 0 Å². The number of hydrogen-bond donors (Lipinski definition) is 2. The first-order chi connectivity index (χ1) is 9.70. The number of aliphatic carboxylic acids is 2. The van der Waals surface area contributed by atoms with E-state index in [9.17, 15) is 19.2 Å². The maximum Gasteiger partial charge on any atom is 0.313 e. The van der Waals surface area contributed by atoms with Gasteiger partial charge in [0.25, 0.3) is 0 Å². The lowest BCUT2D eigenvalue weighted by molar-refractivity contribution is -0.161. The van der Waals surface area contributed by atoms with E-state index in [1.54, 1.807) is 13.8 Å². The van der Waals surface area contributed by atoms with Crippen LogP contribution in [0, 0.1) is 11.8 Å². The summed E-state index contributed by atoms with van der Waals surface area (Å²) in [5.74, 6) is -3.57. The average Bonchev–Trinajstić information content (AvgIpc) is 2.33. The number of carbonyl (C=O) groups is 4. The van der Waals surface area contributed by atoms with Gasteiger partial charge in [0.1, 0.15) is 0 Å². The highest BCUT2D eigenvalue weighted by Crippen LogP contribution is 2.14. The first kappa shape index (κ1) is 19.1. The predicted octanol–water partition coefficient (Wildman–Crippen LogP) is 1.84. The van der Waals surface area contributed by atoms with Crippen LogP contribution in [0.4, 0.5) is 0 Å². The molecule has 0 amide bonds. The molecule has 0 bridgehead atoms. The van der Waals surface area contributed by atoms with Crippen LogP contribution in [-0.4, -0.2) is 34.1 Å². The molecule has 2 N–H and O–H groups in total. The molecule has 0 aromatic heterocycles. The summed E-state index contributed by atoms with van der Waals surface area (Å²) in [5, 5.41) is 17.0. The highest BCUT2D eigenvalue weighted by Gasteiger charge is 2.17. The van der Waals surface area contributed by atoms with Crippen LogP contribution in [0.3, 0.4) is 0 Å². The van der Waals surface area contributed by atoms with Crippen LogP contribution in [0.25, 0.3) is 0 Å². The zero-order valence-electron chi connectivity index (χ0n) is 12.3. The smallest absolute Gasteiger partial charge is 0.313 e. The molecular weight excluding hydrogens is 280 g/mol. The van der Waals surface area contributed by atoms with Gasteiger partial charge in [-0.2, -0.15) is 0 Å². The van der Waals surface area contributed by atoms with E-state index in [1.165, 1.54) is 0 Å². The van der Waals surface area contributed by atoms with Crippen LogP contribution in [0.2, 0.25) is 0 Å². The second kappa shape index (κ2) is 9.90. The number of carbonyl (C=O) groups excluding carboxylic acids is 2. The second-order valence-electron chi connectivity index (χ2n) is 5.33. The molecule has 0 saturated heterocycles. The minimum absolute atomic E-state index is 0.0114. The Morgan fingerprint density at radius 1 is 0.810 bits per heavy atom. The standard InChI is InChI=1S/C14H22O7/c1-9(3-5-11(15)16)7-13(19)21-14(20)8-10(2)4-6-12(17)18/h9-10H,3-8H2,1-2H3,(H,15,16)(H,17,18). The van der Waals surface area contributed by atoms with Gasteiger partial charge in [-0.15, -0.1) is 0 Å². The Kier molecular flexibility index (Phi) is 9.00. The molecule has 0 fully saturated rings. The zero-order chi connectivity index (χ0) is 16.4. The Balaban J connectivity index is 3.95. The van der Waals surface area contributed by atoms with Gasteiger partial charge in [0.05, 0.1) is 0 Å². The highest BCUT2D eigenvalue weighted by atomic mass is 16.6. The Bertz CT molecular complexity index is 353. The minimum Gasteiger partial charge on any atom is -0.481 e. The van der Waals surface area contributed by atoms with Crippen LogP contribution in [0.1, 0.15) is 52.4 Å². The van der Waals surface area contributed by atoms with Crippen LogP contribution >= 0.6 is 0 Å². The molecule has 0 aliphatic carbocycles. The van der Waals surface area contributed by atoms with Gasteiger partial charge in [0.2, 0.25) is 0 Å². The summed E-state index contributed by atoms with van der Waals surface area (Å²) in [5.41, 5.74) is 0. The van der Waals surface area contributed by atoms with Crippen molar-refractivity contribution in [2.75, 3.05) is 0 Å². The largest absolute Gasteiger partial charge is 0.481 e. The molecule has 0 spiro atoms. The molecule has 7 nitrogen and oxygen atoms in total. The van der Waals surface area contributed by atoms with Gasteiger partial charge in [-0.25, -0.2) is 0 Å². The van der Waals surface area contributed by atoms with Crippen molar-refractivity contribution in [2.45, 2.75) is 52.4 Å². The molecule has 120 valence electrons. The molecular formula is C14H22O7. The molecule has 0 radical (unpaired) electrons. The molecule has 7 heteroatoms. The Morgan fingerprint density at radius 2 is 1.14 bits per heavy atom. The third-order valence-corrected chi connectivity index (χ3v) is 2.96. The third kappa shape index (κ3) is 11.6. The SMILES string of the molecule is CC(CCC(=O)O)CC(=O)OC(=O)CC(C)CCC(=O)O. The molecule has 0 saturated carbocycles. The van der Waals surface area contributed by atoms with E-state index in [-0.39, 0.29) is 37.5 Å². The zero-order valence-corrected chi connectivity index (χ0v) is 12.3. The molecule has 0 rings (SSSR count). The second-order valence-corrected chi connectivity index (χ2v) is 5.33. The lowest BCUT2D eigenvalue weighted by Gasteiger charge is -2.11. The third-order valence-electron chi connectivity index (χ3n) is 2.96. The van der Waals surface area contributed by atoms with Crippen LogP contribution in [-0.2, 0) is 23.9 Å². The van der Waals surface area contributed by atoms with E-state index in [1.807, 2.05) is 0 Å². The van der Waals surface area contributed by atoms with Crippen LogP contribution < -0.4 is 0 Å². The van der Waals surface area contributed by atoms with Crippen molar-refractivity contribution in [3.63, 3.8) is 0 Å². The molecule has 0 aromatic rings. The molecule has 0 aliphatic heterocycles. The fourth-order valence-electron chi connectivity index (χ4n) is 1.72. The maximum absolute atomic E-state index is 11.5. The van der Waals surface area contributed by atoms with Crippen molar-refractivity contribution in [1.82, 2.24) is 0 Å². The first-order valence-electron chi connectivity index (χ1n) is 6.87. The number of rotatable bonds is 10. The highest BCUT2D eigenvalue weighted by molar-refractivity contribution is 5.85. The lowest BCUT2D eigenvalue weighted by Crippen LogP contribution is -2.17. The van der Waals surface area contributed by atoms with Crippen molar-refractivity contribution < 1.29 is 34.1 Å². The molecule has 21 heavy (non-hydrogen) atoms. The van der Waals surface area contributed by atoms with Gasteiger partial charge in [0.15, 0.2) is 0 Å². The fraction of sp³-hybridized carbons (Fsp3) is 0.714. The molecule has 2 unspecified atom stereocenters. The number of esters is 2. The average molecular weight is 302 g/mol. The summed E-state index contributed by atoms with van der Waals surface area (Å²) in [6, 6.07) is 0. The van der Waals surface area contributed by atoms with Crippen molar-refractivity contribution in [3.8, 4) is 0 Å². The predicted molar refractivity (Wildman–Crippen MR) is 72.4 cm³/mol. The van der Waals surface area contributed by atoms with Gasteiger partial charge < -0.3 is 14.9 Å². The van der Waals surface area contributed by atoms with E-state index in [0.717, 1.165) is 0 Å². The van der Waals surface area contributed by atoms with Gasteiger partial charge in [0, 0.05) is 25.7 Å². The van der Waals surface area contributed by atoms with Crippen LogP contribution in [0.15, 0.2) is 0 Å². The van der Waals surface area contributed by atoms with Gasteiger partial charge in [-0.3, -0.25) is 19.2 Å². The number of hydrogen-bond acceptors (Lipinski definition) is 5. The summed E-state index contributed by atoms with van der Waals surface area (Å²) >= 11 is 0. The van der Waals surface area contributed by atoms with Gasteiger partial charge >= 0.3 is 23.9 Å². The molecule has 0 aliphatic rings. The topological polar surface area (TPSA) is 118 Å². The Labute approximate surface area is 123 Å². The Hall–Kier alpha value is -1.92. The summed E-state index contributed by atoms with van der Waals surface area (Å²) in [6.07, 6.45) is 0.593. The Morgan fingerprint density at radius 3 is 1.43 bits per heavy atom. The number of carboxylic acids is 2. The van der Waals surface area contributed by atoms with Gasteiger partial charge in [-0.1, -0.05) is 13.8 Å². The van der Waals surface area contributed by atoms with E-state index < -0.39 is 23.9 Å². The van der Waals surface area contributed by atoms with E-state index in [0.29, 0.717) is 12.8 Å². The number of carboxylic acid groups (broad SMARTS) is 2. The van der Waals surface area contributed by atoms with Crippen molar-refractivity contribution >= 4 is 23.9 Å². The molecule has 2 atom stereocenters. The fourth-order valence-corrected chi connectivity index (χ4v) is 1.72. The monoisotopic (exact) mass is 302 g/mol. The molecule has 0 heterocycles. The van der Waals surface area contributed by atoms with Crippen molar-refractivity contribution in [1.29, 1.82) is 0 Å². The van der Waals surface area contributed by atoms with E-state index in [2.05, 4.69) is 4.74 Å². The quantitative estimate of drug-likeness (QED) is 0.467. The van der Waals surface area contributed by atoms with Crippen molar-refractivity contribution in [3.05, 3.63) is 0 Å².